The fourth-order valence-corrected chi connectivity index (χ4v) is 14.0. The van der Waals surface area contributed by atoms with E-state index in [1.807, 2.05) is 30.5 Å². The second-order valence-electron chi connectivity index (χ2n) is 19.0. The second-order valence-corrected chi connectivity index (χ2v) is 19.0. The SMILES string of the molecule is C=C(C)C1CCC2(C(=O)NC3(c4ccccn4)CC3)CCC3(C)C(CCC4C5(C)CC=C(c6ccc(C(=O)O)cc6)C(C)(C)C5CCC43C)C12. The molecule has 1 aromatic carbocycles. The summed E-state index contributed by atoms with van der Waals surface area (Å²) in [6, 6.07) is 13.7. The number of hydrogen-bond acceptors (Lipinski definition) is 3. The van der Waals surface area contributed by atoms with E-state index in [4.69, 9.17) is 4.98 Å². The van der Waals surface area contributed by atoms with Gasteiger partial charge in [-0.25, -0.2) is 4.79 Å². The number of pyridine rings is 1. The molecule has 9 unspecified atom stereocenters. The minimum absolute atomic E-state index is 0.0144. The first-order valence-corrected chi connectivity index (χ1v) is 19.6. The van der Waals surface area contributed by atoms with Gasteiger partial charge in [0.15, 0.2) is 0 Å². The Kier molecular flexibility index (Phi) is 7.56. The number of carboxylic acid groups (broad SMARTS) is 1. The van der Waals surface area contributed by atoms with Gasteiger partial charge in [-0.1, -0.05) is 71.0 Å². The van der Waals surface area contributed by atoms with Gasteiger partial charge in [0.1, 0.15) is 0 Å². The third-order valence-corrected chi connectivity index (χ3v) is 16.8. The van der Waals surface area contributed by atoms with Crippen LogP contribution in [0.25, 0.3) is 5.57 Å². The molecule has 50 heavy (non-hydrogen) atoms. The van der Waals surface area contributed by atoms with Gasteiger partial charge in [0, 0.05) is 6.20 Å². The van der Waals surface area contributed by atoms with Gasteiger partial charge in [0.05, 0.1) is 22.2 Å². The Morgan fingerprint density at radius 3 is 2.22 bits per heavy atom. The van der Waals surface area contributed by atoms with Crippen molar-refractivity contribution in [3.63, 3.8) is 0 Å². The second kappa shape index (κ2) is 11.1. The van der Waals surface area contributed by atoms with Gasteiger partial charge in [-0.3, -0.25) is 9.78 Å². The van der Waals surface area contributed by atoms with Crippen molar-refractivity contribution >= 4 is 17.4 Å². The number of nitrogens with one attached hydrogen (secondary N) is 1. The summed E-state index contributed by atoms with van der Waals surface area (Å²) in [7, 11) is 0. The highest BCUT2D eigenvalue weighted by molar-refractivity contribution is 5.88. The Morgan fingerprint density at radius 1 is 0.840 bits per heavy atom. The molecule has 0 bridgehead atoms. The average Bonchev–Trinajstić information content (AvgIpc) is 3.75. The highest BCUT2D eigenvalue weighted by Crippen LogP contribution is 2.78. The van der Waals surface area contributed by atoms with Gasteiger partial charge in [-0.2, -0.15) is 0 Å². The van der Waals surface area contributed by atoms with Crippen molar-refractivity contribution in [3.05, 3.63) is 83.7 Å². The van der Waals surface area contributed by atoms with Crippen LogP contribution >= 0.6 is 0 Å². The molecule has 0 spiro atoms. The lowest BCUT2D eigenvalue weighted by atomic mass is 9.32. The van der Waals surface area contributed by atoms with Crippen molar-refractivity contribution in [2.45, 2.75) is 118 Å². The molecular weight excluding hydrogens is 617 g/mol. The highest BCUT2D eigenvalue weighted by Gasteiger charge is 2.72. The standard InChI is InChI=1S/C45H58N2O3/c1-28(2)31-17-22-44(39(50)47-45(25-26-45)36-10-8-9-27-46-36)24-23-42(6)33(37(31)44)15-16-35-41(5)20-18-32(29-11-13-30(14-12-29)38(48)49)40(3,4)34(41)19-21-43(35,42)7/h8-14,18,27,31,33-35,37H,1,15-17,19-26H2,2-7H3,(H,47,50)(H,48,49). The minimum Gasteiger partial charge on any atom is -0.478 e. The molecule has 5 fully saturated rings. The summed E-state index contributed by atoms with van der Waals surface area (Å²) in [4.78, 5) is 31.1. The zero-order valence-corrected chi connectivity index (χ0v) is 31.3. The van der Waals surface area contributed by atoms with E-state index in [-0.39, 0.29) is 32.6 Å². The summed E-state index contributed by atoms with van der Waals surface area (Å²) in [5.74, 6) is 1.83. The number of aromatic nitrogens is 1. The minimum atomic E-state index is -0.874. The molecule has 9 atom stereocenters. The Balaban J connectivity index is 1.12. The van der Waals surface area contributed by atoms with E-state index < -0.39 is 5.97 Å². The van der Waals surface area contributed by atoms with Crippen LogP contribution < -0.4 is 5.32 Å². The Labute approximate surface area is 299 Å². The number of carbonyl (C=O) groups excluding carboxylic acids is 1. The quantitative estimate of drug-likeness (QED) is 0.299. The fourth-order valence-electron chi connectivity index (χ4n) is 14.0. The predicted octanol–water partition coefficient (Wildman–Crippen LogP) is 10.2. The van der Waals surface area contributed by atoms with Gasteiger partial charge in [-0.05, 0) is 164 Å². The summed E-state index contributed by atoms with van der Waals surface area (Å²) in [6.45, 7) is 19.6. The first-order valence-electron chi connectivity index (χ1n) is 19.6. The summed E-state index contributed by atoms with van der Waals surface area (Å²) >= 11 is 0. The number of amides is 1. The monoisotopic (exact) mass is 674 g/mol. The van der Waals surface area contributed by atoms with Gasteiger partial charge in [0.25, 0.3) is 0 Å². The number of aromatic carboxylic acids is 1. The number of carboxylic acids is 1. The summed E-state index contributed by atoms with van der Waals surface area (Å²) in [5.41, 5.74) is 5.07. The van der Waals surface area contributed by atoms with Gasteiger partial charge >= 0.3 is 5.97 Å². The van der Waals surface area contributed by atoms with E-state index in [1.165, 1.54) is 36.8 Å². The number of fused-ring (bicyclic) bond motifs is 7. The third kappa shape index (κ3) is 4.52. The number of allylic oxidation sites excluding steroid dienone is 3. The number of carbonyl (C=O) groups is 2. The van der Waals surface area contributed by atoms with Crippen LogP contribution in [0.5, 0.6) is 0 Å². The molecule has 1 amide bonds. The molecular formula is C45H58N2O3. The van der Waals surface area contributed by atoms with Crippen molar-refractivity contribution < 1.29 is 14.7 Å². The van der Waals surface area contributed by atoms with Crippen LogP contribution in [0.2, 0.25) is 0 Å². The number of hydrogen-bond donors (Lipinski definition) is 2. The van der Waals surface area contributed by atoms with Crippen LogP contribution in [0.1, 0.15) is 134 Å². The Morgan fingerprint density at radius 2 is 1.58 bits per heavy atom. The summed E-state index contributed by atoms with van der Waals surface area (Å²) in [6.07, 6.45) is 16.4. The van der Waals surface area contributed by atoms with Gasteiger partial charge < -0.3 is 10.4 Å². The smallest absolute Gasteiger partial charge is 0.335 e. The van der Waals surface area contributed by atoms with Gasteiger partial charge in [-0.15, -0.1) is 0 Å². The molecule has 5 heteroatoms. The van der Waals surface area contributed by atoms with Crippen molar-refractivity contribution in [1.82, 2.24) is 10.3 Å². The average molecular weight is 675 g/mol. The van der Waals surface area contributed by atoms with Crippen LogP contribution in [0.4, 0.5) is 0 Å². The molecule has 8 rings (SSSR count). The number of benzene rings is 1. The molecule has 2 aromatic rings. The maximum Gasteiger partial charge on any atom is 0.335 e. The van der Waals surface area contributed by atoms with Gasteiger partial charge in [0.2, 0.25) is 5.91 Å². The zero-order valence-electron chi connectivity index (χ0n) is 31.3. The Hall–Kier alpha value is -3.21. The predicted molar refractivity (Wildman–Crippen MR) is 199 cm³/mol. The van der Waals surface area contributed by atoms with E-state index in [0.717, 1.165) is 56.2 Å². The third-order valence-electron chi connectivity index (χ3n) is 16.8. The first kappa shape index (κ1) is 33.9. The molecule has 1 heterocycles. The topological polar surface area (TPSA) is 79.3 Å². The van der Waals surface area contributed by atoms with Crippen LogP contribution in [0.3, 0.4) is 0 Å². The first-order chi connectivity index (χ1) is 23.6. The van der Waals surface area contributed by atoms with Crippen molar-refractivity contribution in [3.8, 4) is 0 Å². The molecule has 1 aromatic heterocycles. The van der Waals surface area contributed by atoms with E-state index in [2.05, 4.69) is 65.6 Å². The zero-order chi connectivity index (χ0) is 35.5. The van der Waals surface area contributed by atoms with Crippen LogP contribution in [0, 0.1) is 56.7 Å². The highest BCUT2D eigenvalue weighted by atomic mass is 16.4. The van der Waals surface area contributed by atoms with Crippen molar-refractivity contribution in [2.75, 3.05) is 0 Å². The molecule has 0 radical (unpaired) electrons. The number of rotatable bonds is 6. The molecule has 6 aliphatic carbocycles. The van der Waals surface area contributed by atoms with Crippen LogP contribution in [-0.2, 0) is 10.3 Å². The maximum atomic E-state index is 14.8. The molecule has 5 nitrogen and oxygen atoms in total. The largest absolute Gasteiger partial charge is 0.478 e. The molecule has 5 saturated carbocycles. The molecule has 0 aliphatic heterocycles. The Bertz CT molecular complexity index is 1760. The van der Waals surface area contributed by atoms with E-state index >= 15 is 0 Å². The molecule has 6 aliphatic rings. The fraction of sp³-hybridized carbons (Fsp3) is 0.622. The summed E-state index contributed by atoms with van der Waals surface area (Å²) in [5, 5.41) is 13.2. The van der Waals surface area contributed by atoms with Crippen LogP contribution in [-0.4, -0.2) is 22.0 Å². The lowest BCUT2D eigenvalue weighted by Crippen LogP contribution is -2.66. The van der Waals surface area contributed by atoms with Crippen molar-refractivity contribution in [1.29, 1.82) is 0 Å². The lowest BCUT2D eigenvalue weighted by Gasteiger charge is -2.72. The molecule has 266 valence electrons. The van der Waals surface area contributed by atoms with E-state index in [1.54, 1.807) is 12.1 Å². The van der Waals surface area contributed by atoms with E-state index in [9.17, 15) is 14.7 Å². The molecule has 2 N–H and O–H groups in total. The number of nitrogens with zero attached hydrogens (tertiary/aromatic N) is 1. The van der Waals surface area contributed by atoms with Crippen LogP contribution in [0.15, 0.2) is 66.9 Å². The van der Waals surface area contributed by atoms with Crippen molar-refractivity contribution in [2.24, 2.45) is 56.7 Å². The van der Waals surface area contributed by atoms with E-state index in [0.29, 0.717) is 41.1 Å². The summed E-state index contributed by atoms with van der Waals surface area (Å²) < 4.78 is 0. The maximum absolute atomic E-state index is 14.8. The molecule has 0 saturated heterocycles. The lowest BCUT2D eigenvalue weighted by molar-refractivity contribution is -0.225. The normalized spacial score (nSPS) is 40.6.